The van der Waals surface area contributed by atoms with Crippen molar-refractivity contribution in [2.45, 2.75) is 38.9 Å². The van der Waals surface area contributed by atoms with Crippen molar-refractivity contribution in [3.63, 3.8) is 0 Å². The van der Waals surface area contributed by atoms with Crippen LogP contribution in [0.15, 0.2) is 30.3 Å². The van der Waals surface area contributed by atoms with Gasteiger partial charge in [0.25, 0.3) is 5.91 Å². The SMILES string of the molecule is CC(C)(O)CNC(=O)c1nc(C(C)(C)O)c(-c2ccccc2)s1. The molecular weight excluding hydrogens is 312 g/mol. The standard InChI is InChI=1S/C17H22N2O3S/c1-16(2,21)10-18-14(20)15-19-13(17(3,4)22)12(23-15)11-8-6-5-7-9-11/h5-9,21-22H,10H2,1-4H3,(H,18,20). The maximum atomic E-state index is 12.3. The zero-order valence-electron chi connectivity index (χ0n) is 13.8. The van der Waals surface area contributed by atoms with E-state index in [0.717, 1.165) is 10.4 Å². The van der Waals surface area contributed by atoms with Crippen LogP contribution in [0.1, 0.15) is 43.2 Å². The molecule has 2 rings (SSSR count). The predicted molar refractivity (Wildman–Crippen MR) is 91.4 cm³/mol. The summed E-state index contributed by atoms with van der Waals surface area (Å²) >= 11 is 1.23. The molecule has 1 amide bonds. The lowest BCUT2D eigenvalue weighted by molar-refractivity contribution is 0.0686. The fraction of sp³-hybridized carbons (Fsp3) is 0.412. The van der Waals surface area contributed by atoms with Crippen LogP contribution in [-0.2, 0) is 5.60 Å². The molecule has 0 aliphatic heterocycles. The maximum Gasteiger partial charge on any atom is 0.280 e. The van der Waals surface area contributed by atoms with Crippen molar-refractivity contribution >= 4 is 17.2 Å². The highest BCUT2D eigenvalue weighted by Gasteiger charge is 2.28. The van der Waals surface area contributed by atoms with E-state index in [4.69, 9.17) is 0 Å². The monoisotopic (exact) mass is 334 g/mol. The van der Waals surface area contributed by atoms with Crippen molar-refractivity contribution in [1.82, 2.24) is 10.3 Å². The highest BCUT2D eigenvalue weighted by atomic mass is 32.1. The van der Waals surface area contributed by atoms with Crippen LogP contribution in [0.4, 0.5) is 0 Å². The molecule has 1 aromatic heterocycles. The van der Waals surface area contributed by atoms with Crippen LogP contribution >= 0.6 is 11.3 Å². The number of rotatable bonds is 5. The summed E-state index contributed by atoms with van der Waals surface area (Å²) in [7, 11) is 0. The lowest BCUT2D eigenvalue weighted by Gasteiger charge is -2.17. The highest BCUT2D eigenvalue weighted by molar-refractivity contribution is 7.17. The van der Waals surface area contributed by atoms with Gasteiger partial charge in [0.15, 0.2) is 5.01 Å². The number of hydrogen-bond donors (Lipinski definition) is 3. The number of nitrogens with one attached hydrogen (secondary N) is 1. The molecule has 0 bridgehead atoms. The molecule has 0 aliphatic rings. The number of aromatic nitrogens is 1. The third kappa shape index (κ3) is 4.60. The molecule has 3 N–H and O–H groups in total. The van der Waals surface area contributed by atoms with E-state index in [1.54, 1.807) is 27.7 Å². The molecule has 0 unspecified atom stereocenters. The third-order valence-electron chi connectivity index (χ3n) is 3.12. The van der Waals surface area contributed by atoms with Gasteiger partial charge < -0.3 is 15.5 Å². The summed E-state index contributed by atoms with van der Waals surface area (Å²) in [6.45, 7) is 6.66. The smallest absolute Gasteiger partial charge is 0.280 e. The molecule has 0 saturated heterocycles. The lowest BCUT2D eigenvalue weighted by Crippen LogP contribution is -2.38. The summed E-state index contributed by atoms with van der Waals surface area (Å²) < 4.78 is 0. The number of thiazole rings is 1. The van der Waals surface area contributed by atoms with E-state index in [1.807, 2.05) is 30.3 Å². The second-order valence-corrected chi connectivity index (χ2v) is 7.62. The number of hydrogen-bond acceptors (Lipinski definition) is 5. The summed E-state index contributed by atoms with van der Waals surface area (Å²) in [5, 5.41) is 23.0. The maximum absolute atomic E-state index is 12.3. The van der Waals surface area contributed by atoms with Gasteiger partial charge >= 0.3 is 0 Å². The molecule has 124 valence electrons. The van der Waals surface area contributed by atoms with E-state index in [1.165, 1.54) is 11.3 Å². The molecule has 0 atom stereocenters. The highest BCUT2D eigenvalue weighted by Crippen LogP contribution is 2.36. The Morgan fingerprint density at radius 1 is 1.17 bits per heavy atom. The molecule has 0 fully saturated rings. The fourth-order valence-corrected chi connectivity index (χ4v) is 3.13. The molecule has 0 spiro atoms. The first-order valence-corrected chi connectivity index (χ1v) is 8.19. The van der Waals surface area contributed by atoms with Gasteiger partial charge in [0.05, 0.1) is 16.2 Å². The second kappa shape index (κ2) is 6.39. The van der Waals surface area contributed by atoms with Crippen molar-refractivity contribution in [2.75, 3.05) is 6.54 Å². The average Bonchev–Trinajstić information content (AvgIpc) is 2.90. The number of aliphatic hydroxyl groups is 2. The van der Waals surface area contributed by atoms with Gasteiger partial charge in [0.2, 0.25) is 0 Å². The Balaban J connectivity index is 2.37. The zero-order chi connectivity index (χ0) is 17.3. The summed E-state index contributed by atoms with van der Waals surface area (Å²) in [6, 6.07) is 9.54. The van der Waals surface area contributed by atoms with E-state index >= 15 is 0 Å². The van der Waals surface area contributed by atoms with Crippen LogP contribution in [0.2, 0.25) is 0 Å². The van der Waals surface area contributed by atoms with Gasteiger partial charge in [-0.05, 0) is 33.3 Å². The van der Waals surface area contributed by atoms with Crippen molar-refractivity contribution < 1.29 is 15.0 Å². The van der Waals surface area contributed by atoms with Crippen molar-refractivity contribution in [3.05, 3.63) is 41.0 Å². The summed E-state index contributed by atoms with van der Waals surface area (Å²) in [5.74, 6) is -0.357. The van der Waals surface area contributed by atoms with Gasteiger partial charge in [-0.2, -0.15) is 0 Å². The number of carbonyl (C=O) groups is 1. The van der Waals surface area contributed by atoms with Gasteiger partial charge in [-0.3, -0.25) is 4.79 Å². The number of carbonyl (C=O) groups excluding carboxylic acids is 1. The molecule has 5 nitrogen and oxygen atoms in total. The van der Waals surface area contributed by atoms with E-state index in [0.29, 0.717) is 5.69 Å². The van der Waals surface area contributed by atoms with Crippen LogP contribution in [0.3, 0.4) is 0 Å². The first kappa shape index (κ1) is 17.6. The first-order chi connectivity index (χ1) is 10.6. The van der Waals surface area contributed by atoms with Gasteiger partial charge in [-0.1, -0.05) is 30.3 Å². The van der Waals surface area contributed by atoms with E-state index in [2.05, 4.69) is 10.3 Å². The molecular formula is C17H22N2O3S. The zero-order valence-corrected chi connectivity index (χ0v) is 14.6. The minimum absolute atomic E-state index is 0.129. The van der Waals surface area contributed by atoms with Crippen LogP contribution in [-0.4, -0.2) is 33.3 Å². The molecule has 6 heteroatoms. The van der Waals surface area contributed by atoms with Crippen molar-refractivity contribution in [1.29, 1.82) is 0 Å². The first-order valence-electron chi connectivity index (χ1n) is 7.37. The Labute approximate surface area is 140 Å². The minimum Gasteiger partial charge on any atom is -0.389 e. The molecule has 23 heavy (non-hydrogen) atoms. The van der Waals surface area contributed by atoms with Gasteiger partial charge in [0.1, 0.15) is 5.60 Å². The number of amides is 1. The molecule has 2 aromatic rings. The average molecular weight is 334 g/mol. The summed E-state index contributed by atoms with van der Waals surface area (Å²) in [6.07, 6.45) is 0. The predicted octanol–water partition coefficient (Wildman–Crippen LogP) is 2.54. The minimum atomic E-state index is -1.16. The molecule has 0 radical (unpaired) electrons. The Bertz CT molecular complexity index is 682. The molecule has 1 heterocycles. The Kier molecular flexibility index (Phi) is 4.89. The normalized spacial score (nSPS) is 12.3. The quantitative estimate of drug-likeness (QED) is 0.785. The molecule has 0 aliphatic carbocycles. The molecule has 1 aromatic carbocycles. The Morgan fingerprint density at radius 3 is 2.30 bits per heavy atom. The van der Waals surface area contributed by atoms with Gasteiger partial charge in [-0.25, -0.2) is 4.98 Å². The van der Waals surface area contributed by atoms with Crippen LogP contribution in [0, 0.1) is 0 Å². The van der Waals surface area contributed by atoms with E-state index < -0.39 is 11.2 Å². The summed E-state index contributed by atoms with van der Waals surface area (Å²) in [5.41, 5.74) is -0.768. The topological polar surface area (TPSA) is 82.5 Å². The largest absolute Gasteiger partial charge is 0.389 e. The van der Waals surface area contributed by atoms with Crippen LogP contribution < -0.4 is 5.32 Å². The third-order valence-corrected chi connectivity index (χ3v) is 4.22. The number of nitrogens with zero attached hydrogens (tertiary/aromatic N) is 1. The molecule has 0 saturated carbocycles. The number of benzene rings is 1. The lowest BCUT2D eigenvalue weighted by atomic mass is 10.0. The van der Waals surface area contributed by atoms with E-state index in [9.17, 15) is 15.0 Å². The Morgan fingerprint density at radius 2 is 1.78 bits per heavy atom. The second-order valence-electron chi connectivity index (χ2n) is 6.62. The Hall–Kier alpha value is -1.76. The van der Waals surface area contributed by atoms with Crippen molar-refractivity contribution in [2.24, 2.45) is 0 Å². The summed E-state index contributed by atoms with van der Waals surface area (Å²) in [4.78, 5) is 17.4. The van der Waals surface area contributed by atoms with Gasteiger partial charge in [-0.15, -0.1) is 11.3 Å². The van der Waals surface area contributed by atoms with Crippen LogP contribution in [0.5, 0.6) is 0 Å². The van der Waals surface area contributed by atoms with E-state index in [-0.39, 0.29) is 17.5 Å². The van der Waals surface area contributed by atoms with Gasteiger partial charge in [0, 0.05) is 6.54 Å². The van der Waals surface area contributed by atoms with Crippen LogP contribution in [0.25, 0.3) is 10.4 Å². The van der Waals surface area contributed by atoms with Crippen molar-refractivity contribution in [3.8, 4) is 10.4 Å². The fourth-order valence-electron chi connectivity index (χ4n) is 1.99.